The number of rotatable bonds is 6. The van der Waals surface area contributed by atoms with Crippen molar-refractivity contribution in [3.05, 3.63) is 59.2 Å². The third-order valence-electron chi connectivity index (χ3n) is 5.99. The van der Waals surface area contributed by atoms with Gasteiger partial charge in [-0.25, -0.2) is 19.6 Å². The van der Waals surface area contributed by atoms with Crippen LogP contribution >= 0.6 is 0 Å². The van der Waals surface area contributed by atoms with Crippen molar-refractivity contribution in [3.8, 4) is 0 Å². The van der Waals surface area contributed by atoms with Crippen molar-refractivity contribution < 1.29 is 38.7 Å². The number of carbonyl (C=O) groups is 2. The molecule has 2 N–H and O–H groups in total. The highest BCUT2D eigenvalue weighted by molar-refractivity contribution is 5.85. The fourth-order valence-corrected chi connectivity index (χ4v) is 3.99. The number of hydrogen-bond donors (Lipinski definition) is 2. The molecule has 1 aliphatic rings. The van der Waals surface area contributed by atoms with Gasteiger partial charge in [-0.1, -0.05) is 12.1 Å². The number of pyridine rings is 2. The molecule has 2 aromatic rings. The summed E-state index contributed by atoms with van der Waals surface area (Å²) in [6, 6.07) is 10.0. The van der Waals surface area contributed by atoms with Gasteiger partial charge in [-0.15, -0.1) is 0 Å². The fourth-order valence-electron chi connectivity index (χ4n) is 3.99. The van der Waals surface area contributed by atoms with E-state index in [0.717, 1.165) is 13.0 Å². The van der Waals surface area contributed by atoms with Crippen LogP contribution in [0.4, 0.5) is 0 Å². The van der Waals surface area contributed by atoms with Crippen LogP contribution in [-0.2, 0) is 32.0 Å². The molecule has 0 aromatic carbocycles. The van der Waals surface area contributed by atoms with E-state index in [-0.39, 0.29) is 11.4 Å². The lowest BCUT2D eigenvalue weighted by Crippen LogP contribution is -2.32. The quantitative estimate of drug-likeness (QED) is 0.544. The minimum Gasteiger partial charge on any atom is -0.477 e. The van der Waals surface area contributed by atoms with Crippen molar-refractivity contribution in [3.63, 3.8) is 0 Å². The second kappa shape index (κ2) is 17.6. The molecule has 3 rings (SSSR count). The van der Waals surface area contributed by atoms with E-state index in [2.05, 4.69) is 19.8 Å². The fraction of sp³-hybridized carbons (Fsp3) is 0.556. The van der Waals surface area contributed by atoms with E-state index >= 15 is 0 Å². The first-order valence-electron chi connectivity index (χ1n) is 13.2. The van der Waals surface area contributed by atoms with Gasteiger partial charge in [0.1, 0.15) is 11.4 Å². The normalized spacial score (nSPS) is 18.5. The molecule has 0 radical (unpaired) electrons. The molecule has 12 heteroatoms. The second-order valence-corrected chi connectivity index (χ2v) is 8.99. The van der Waals surface area contributed by atoms with Gasteiger partial charge in [0.05, 0.1) is 57.6 Å². The third-order valence-corrected chi connectivity index (χ3v) is 5.99. The van der Waals surface area contributed by atoms with Crippen molar-refractivity contribution in [1.82, 2.24) is 19.8 Å². The van der Waals surface area contributed by atoms with Crippen LogP contribution < -0.4 is 0 Å². The summed E-state index contributed by atoms with van der Waals surface area (Å²) in [5.74, 6) is -2.09. The average Bonchev–Trinajstić information content (AvgIpc) is 2.93. The molecule has 0 unspecified atom stereocenters. The Morgan fingerprint density at radius 2 is 1.03 bits per heavy atom. The van der Waals surface area contributed by atoms with E-state index < -0.39 is 11.9 Å². The van der Waals surface area contributed by atoms with Crippen molar-refractivity contribution in [2.75, 3.05) is 79.0 Å². The van der Waals surface area contributed by atoms with Gasteiger partial charge < -0.3 is 29.2 Å². The number of aromatic nitrogens is 2. The van der Waals surface area contributed by atoms with E-state index in [1.807, 2.05) is 12.1 Å². The Morgan fingerprint density at radius 3 is 1.46 bits per heavy atom. The van der Waals surface area contributed by atoms with Gasteiger partial charge in [0, 0.05) is 45.9 Å². The molecular weight excluding hydrogens is 508 g/mol. The number of ether oxygens (including phenoxy) is 4. The highest BCUT2D eigenvalue weighted by atomic mass is 16.5. The van der Waals surface area contributed by atoms with Gasteiger partial charge in [0.15, 0.2) is 0 Å². The molecule has 0 amide bonds. The Morgan fingerprint density at radius 1 is 0.615 bits per heavy atom. The summed E-state index contributed by atoms with van der Waals surface area (Å²) >= 11 is 0. The number of hydrogen-bond acceptors (Lipinski definition) is 10. The van der Waals surface area contributed by atoms with E-state index in [4.69, 9.17) is 18.9 Å². The average molecular weight is 547 g/mol. The Labute approximate surface area is 228 Å². The van der Waals surface area contributed by atoms with Crippen LogP contribution in [0, 0.1) is 0 Å². The highest BCUT2D eigenvalue weighted by Crippen LogP contribution is 2.07. The summed E-state index contributed by atoms with van der Waals surface area (Å²) in [6.07, 6.45) is 0.803. The summed E-state index contributed by atoms with van der Waals surface area (Å²) in [4.78, 5) is 35.3. The molecule has 0 aliphatic carbocycles. The first-order chi connectivity index (χ1) is 19.0. The zero-order valence-corrected chi connectivity index (χ0v) is 22.2. The predicted octanol–water partition coefficient (Wildman–Crippen LogP) is 1.65. The number of carboxylic acids is 2. The maximum absolute atomic E-state index is 11.3. The van der Waals surface area contributed by atoms with Crippen LogP contribution in [0.3, 0.4) is 0 Å². The standard InChI is InChI=1S/C27H38N4O8/c32-26(33)24-6-1-4-22(28-24)20-30-8-3-12-36-16-17-38-14-10-31(11-15-39-19-18-37-13-9-30)21-23-5-2-7-25(29-23)27(34)35/h1-2,4-7H,3,8-21H2,(H,32,33)(H,34,35). The smallest absolute Gasteiger partial charge is 0.354 e. The van der Waals surface area contributed by atoms with Crippen LogP contribution in [0.2, 0.25) is 0 Å². The van der Waals surface area contributed by atoms with Crippen molar-refractivity contribution in [2.24, 2.45) is 0 Å². The molecule has 3 heterocycles. The summed E-state index contributed by atoms with van der Waals surface area (Å²) in [5.41, 5.74) is 1.43. The summed E-state index contributed by atoms with van der Waals surface area (Å²) in [5, 5.41) is 18.4. The molecule has 39 heavy (non-hydrogen) atoms. The molecule has 2 aromatic heterocycles. The van der Waals surface area contributed by atoms with Crippen LogP contribution in [0.25, 0.3) is 0 Å². The molecule has 0 atom stereocenters. The van der Waals surface area contributed by atoms with Crippen molar-refractivity contribution >= 4 is 11.9 Å². The number of carboxylic acid groups (broad SMARTS) is 2. The zero-order valence-electron chi connectivity index (χ0n) is 22.2. The van der Waals surface area contributed by atoms with Crippen LogP contribution in [-0.4, -0.2) is 121 Å². The minimum atomic E-state index is -1.05. The van der Waals surface area contributed by atoms with E-state index in [1.165, 1.54) is 12.1 Å². The molecule has 0 bridgehead atoms. The highest BCUT2D eigenvalue weighted by Gasteiger charge is 2.12. The van der Waals surface area contributed by atoms with E-state index in [9.17, 15) is 19.8 Å². The lowest BCUT2D eigenvalue weighted by molar-refractivity contribution is 0.0231. The third kappa shape index (κ3) is 12.2. The minimum absolute atomic E-state index is 0.0233. The summed E-state index contributed by atoms with van der Waals surface area (Å²) < 4.78 is 23.0. The summed E-state index contributed by atoms with van der Waals surface area (Å²) in [7, 11) is 0. The second-order valence-electron chi connectivity index (χ2n) is 8.99. The lowest BCUT2D eigenvalue weighted by atomic mass is 10.2. The predicted molar refractivity (Wildman–Crippen MR) is 141 cm³/mol. The van der Waals surface area contributed by atoms with Crippen LogP contribution in [0.5, 0.6) is 0 Å². The van der Waals surface area contributed by atoms with Gasteiger partial charge in [-0.3, -0.25) is 9.80 Å². The molecule has 0 spiro atoms. The Balaban J connectivity index is 1.49. The van der Waals surface area contributed by atoms with Gasteiger partial charge in [-0.05, 0) is 30.7 Å². The maximum Gasteiger partial charge on any atom is 0.354 e. The molecule has 1 saturated heterocycles. The first kappa shape index (κ1) is 30.5. The summed E-state index contributed by atoms with van der Waals surface area (Å²) in [6.45, 7) is 7.64. The van der Waals surface area contributed by atoms with Gasteiger partial charge >= 0.3 is 11.9 Å². The molecule has 1 fully saturated rings. The zero-order chi connectivity index (χ0) is 27.7. The van der Waals surface area contributed by atoms with Crippen molar-refractivity contribution in [2.45, 2.75) is 19.5 Å². The monoisotopic (exact) mass is 546 g/mol. The molecular formula is C27H38N4O8. The number of nitrogens with zero attached hydrogens (tertiary/aromatic N) is 4. The molecule has 12 nitrogen and oxygen atoms in total. The largest absolute Gasteiger partial charge is 0.477 e. The van der Waals surface area contributed by atoms with E-state index in [1.54, 1.807) is 12.1 Å². The number of aromatic carboxylic acids is 2. The van der Waals surface area contributed by atoms with Gasteiger partial charge in [0.2, 0.25) is 0 Å². The molecule has 1 aliphatic heterocycles. The SMILES string of the molecule is O=C(O)c1cccc(CN2CCCOCCOCCN(Cc3cccc(C(=O)O)n3)CCOCCOCC2)n1. The molecule has 214 valence electrons. The van der Waals surface area contributed by atoms with Gasteiger partial charge in [-0.2, -0.15) is 0 Å². The Hall–Kier alpha value is -3.00. The van der Waals surface area contributed by atoms with Crippen LogP contribution in [0.15, 0.2) is 36.4 Å². The lowest BCUT2D eigenvalue weighted by Gasteiger charge is -2.22. The topological polar surface area (TPSA) is 144 Å². The maximum atomic E-state index is 11.3. The Kier molecular flexibility index (Phi) is 13.8. The van der Waals surface area contributed by atoms with E-state index in [0.29, 0.717) is 97.0 Å². The Bertz CT molecular complexity index is 945. The molecule has 0 saturated carbocycles. The van der Waals surface area contributed by atoms with Gasteiger partial charge in [0.25, 0.3) is 0 Å². The van der Waals surface area contributed by atoms with Crippen molar-refractivity contribution in [1.29, 1.82) is 0 Å². The van der Waals surface area contributed by atoms with Crippen LogP contribution in [0.1, 0.15) is 38.8 Å². The first-order valence-corrected chi connectivity index (χ1v) is 13.2.